The zero-order valence-corrected chi connectivity index (χ0v) is 7.30. The minimum absolute atomic E-state index is 0.0232. The number of amides is 2. The predicted molar refractivity (Wildman–Crippen MR) is 46.1 cm³/mol. The van der Waals surface area contributed by atoms with E-state index in [0.717, 1.165) is 12.1 Å². The van der Waals surface area contributed by atoms with Gasteiger partial charge in [0.25, 0.3) is 0 Å². The molecule has 0 aliphatic rings. The highest BCUT2D eigenvalue weighted by Crippen LogP contribution is 2.24. The lowest BCUT2D eigenvalue weighted by Gasteiger charge is -2.06. The van der Waals surface area contributed by atoms with Gasteiger partial charge < -0.3 is 15.8 Å². The van der Waals surface area contributed by atoms with Gasteiger partial charge in [-0.3, -0.25) is 0 Å². The van der Waals surface area contributed by atoms with Crippen LogP contribution in [0.2, 0.25) is 0 Å². The van der Waals surface area contributed by atoms with Gasteiger partial charge >= 0.3 is 6.03 Å². The molecule has 3 N–H and O–H groups in total. The summed E-state index contributed by atoms with van der Waals surface area (Å²) in [5.41, 5.74) is 4.13. The summed E-state index contributed by atoms with van der Waals surface area (Å²) in [6.07, 6.45) is 0. The van der Waals surface area contributed by atoms with E-state index in [4.69, 9.17) is 5.73 Å². The summed E-state index contributed by atoms with van der Waals surface area (Å²) >= 11 is 0. The van der Waals surface area contributed by atoms with Crippen molar-refractivity contribution in [3.8, 4) is 5.75 Å². The highest BCUT2D eigenvalue weighted by molar-refractivity contribution is 5.88. The summed E-state index contributed by atoms with van der Waals surface area (Å²) in [6, 6.07) is 0.843. The van der Waals surface area contributed by atoms with Gasteiger partial charge in [0.2, 0.25) is 0 Å². The maximum atomic E-state index is 13.1. The topological polar surface area (TPSA) is 64.3 Å². The molecule has 1 aromatic carbocycles. The van der Waals surface area contributed by atoms with Gasteiger partial charge in [-0.2, -0.15) is 0 Å². The zero-order valence-electron chi connectivity index (χ0n) is 7.30. The Morgan fingerprint density at radius 1 is 1.43 bits per heavy atom. The van der Waals surface area contributed by atoms with Gasteiger partial charge in [0, 0.05) is 12.1 Å². The number of benzene rings is 1. The van der Waals surface area contributed by atoms with E-state index in [-0.39, 0.29) is 5.75 Å². The molecular formula is C8H8F2N2O2. The molecular weight excluding hydrogens is 194 g/mol. The molecule has 14 heavy (non-hydrogen) atoms. The van der Waals surface area contributed by atoms with Crippen molar-refractivity contribution in [2.45, 2.75) is 0 Å². The van der Waals surface area contributed by atoms with E-state index < -0.39 is 23.4 Å². The van der Waals surface area contributed by atoms with Gasteiger partial charge in [-0.05, 0) is 0 Å². The first-order chi connectivity index (χ1) is 6.54. The number of ether oxygens (including phenoxy) is 1. The molecule has 0 atom stereocenters. The highest BCUT2D eigenvalue weighted by atomic mass is 19.1. The number of rotatable bonds is 2. The molecule has 0 spiro atoms. The fourth-order valence-corrected chi connectivity index (χ4v) is 0.910. The second-order valence-electron chi connectivity index (χ2n) is 2.46. The molecule has 0 heterocycles. The minimum atomic E-state index is -1.03. The van der Waals surface area contributed by atoms with E-state index in [1.807, 2.05) is 5.32 Å². The van der Waals surface area contributed by atoms with E-state index in [9.17, 15) is 13.6 Å². The quantitative estimate of drug-likeness (QED) is 0.762. The molecule has 0 fully saturated rings. The van der Waals surface area contributed by atoms with Crippen LogP contribution in [0.1, 0.15) is 0 Å². The van der Waals surface area contributed by atoms with Gasteiger partial charge in [0.05, 0.1) is 7.11 Å². The molecule has 0 bridgehead atoms. The molecule has 1 rings (SSSR count). The van der Waals surface area contributed by atoms with Crippen molar-refractivity contribution in [3.63, 3.8) is 0 Å². The first-order valence-corrected chi connectivity index (χ1v) is 3.64. The van der Waals surface area contributed by atoms with Gasteiger partial charge in [-0.15, -0.1) is 0 Å². The van der Waals surface area contributed by atoms with Crippen LogP contribution in [0.15, 0.2) is 12.1 Å². The lowest BCUT2D eigenvalue weighted by molar-refractivity contribution is 0.259. The number of halogens is 2. The van der Waals surface area contributed by atoms with Crippen LogP contribution < -0.4 is 15.8 Å². The maximum Gasteiger partial charge on any atom is 0.316 e. The lowest BCUT2D eigenvalue weighted by Crippen LogP contribution is -2.21. The average molecular weight is 202 g/mol. The third-order valence-electron chi connectivity index (χ3n) is 1.50. The first kappa shape index (κ1) is 10.2. The number of carbonyl (C=O) groups excluding carboxylic acids is 1. The largest absolute Gasteiger partial charge is 0.497 e. The average Bonchev–Trinajstić information content (AvgIpc) is 2.10. The number of methoxy groups -OCH3 is 1. The Labute approximate surface area is 78.7 Å². The number of carbonyl (C=O) groups is 1. The smallest absolute Gasteiger partial charge is 0.316 e. The molecule has 0 radical (unpaired) electrons. The zero-order chi connectivity index (χ0) is 10.7. The highest BCUT2D eigenvalue weighted by Gasteiger charge is 2.12. The molecule has 0 saturated carbocycles. The Bertz CT molecular complexity index is 345. The van der Waals surface area contributed by atoms with E-state index in [1.54, 1.807) is 0 Å². The normalized spacial score (nSPS) is 9.64. The number of hydrogen-bond acceptors (Lipinski definition) is 2. The third-order valence-corrected chi connectivity index (χ3v) is 1.50. The fourth-order valence-electron chi connectivity index (χ4n) is 0.910. The monoisotopic (exact) mass is 202 g/mol. The molecule has 6 heteroatoms. The molecule has 0 saturated heterocycles. The van der Waals surface area contributed by atoms with Gasteiger partial charge in [-0.25, -0.2) is 13.6 Å². The number of anilines is 1. The molecule has 0 aliphatic heterocycles. The van der Waals surface area contributed by atoms with Gasteiger partial charge in [0.1, 0.15) is 11.4 Å². The molecule has 1 aromatic rings. The summed E-state index contributed by atoms with van der Waals surface area (Å²) in [5.74, 6) is -1.86. The Balaban J connectivity index is 3.11. The van der Waals surface area contributed by atoms with E-state index in [0.29, 0.717) is 0 Å². The van der Waals surface area contributed by atoms with E-state index >= 15 is 0 Å². The van der Waals surface area contributed by atoms with Crippen LogP contribution in [-0.4, -0.2) is 13.1 Å². The van der Waals surface area contributed by atoms with Crippen molar-refractivity contribution in [1.82, 2.24) is 0 Å². The van der Waals surface area contributed by atoms with Crippen LogP contribution in [0.25, 0.3) is 0 Å². The van der Waals surface area contributed by atoms with Crippen molar-refractivity contribution >= 4 is 11.7 Å². The Morgan fingerprint density at radius 3 is 2.29 bits per heavy atom. The van der Waals surface area contributed by atoms with Crippen LogP contribution in [0.4, 0.5) is 19.3 Å². The molecule has 4 nitrogen and oxygen atoms in total. The summed E-state index contributed by atoms with van der Waals surface area (Å²) in [6.45, 7) is 0. The second-order valence-corrected chi connectivity index (χ2v) is 2.46. The van der Waals surface area contributed by atoms with Crippen LogP contribution >= 0.6 is 0 Å². The predicted octanol–water partition coefficient (Wildman–Crippen LogP) is 1.46. The molecule has 0 unspecified atom stereocenters. The maximum absolute atomic E-state index is 13.1. The van der Waals surface area contributed by atoms with Crippen molar-refractivity contribution < 1.29 is 18.3 Å². The number of nitrogens with two attached hydrogens (primary N) is 1. The Hall–Kier alpha value is -1.85. The second kappa shape index (κ2) is 3.91. The van der Waals surface area contributed by atoms with Crippen LogP contribution in [-0.2, 0) is 0 Å². The van der Waals surface area contributed by atoms with Gasteiger partial charge in [-0.1, -0.05) is 0 Å². The summed E-state index contributed by atoms with van der Waals surface area (Å²) in [4.78, 5) is 10.4. The minimum Gasteiger partial charge on any atom is -0.497 e. The lowest BCUT2D eigenvalue weighted by atomic mass is 10.2. The molecule has 0 aliphatic carbocycles. The standard InChI is InChI=1S/C8H8F2N2O2/c1-14-4-2-5(9)7(6(10)3-4)12-8(11)13/h2-3H,1H3,(H3,11,12,13). The number of hydrogen-bond donors (Lipinski definition) is 2. The molecule has 2 amide bonds. The van der Waals surface area contributed by atoms with Crippen molar-refractivity contribution in [2.75, 3.05) is 12.4 Å². The van der Waals surface area contributed by atoms with E-state index in [1.165, 1.54) is 7.11 Å². The van der Waals surface area contributed by atoms with Crippen molar-refractivity contribution in [3.05, 3.63) is 23.8 Å². The molecule has 76 valence electrons. The van der Waals surface area contributed by atoms with Crippen molar-refractivity contribution in [2.24, 2.45) is 5.73 Å². The van der Waals surface area contributed by atoms with Crippen LogP contribution in [0.5, 0.6) is 5.75 Å². The SMILES string of the molecule is COc1cc(F)c(NC(N)=O)c(F)c1. The Morgan fingerprint density at radius 2 is 1.93 bits per heavy atom. The fraction of sp³-hybridized carbons (Fsp3) is 0.125. The van der Waals surface area contributed by atoms with E-state index in [2.05, 4.69) is 4.74 Å². The summed E-state index contributed by atoms with van der Waals surface area (Å²) < 4.78 is 30.7. The molecule has 0 aromatic heterocycles. The number of primary amides is 1. The first-order valence-electron chi connectivity index (χ1n) is 3.64. The number of urea groups is 1. The summed E-state index contributed by atoms with van der Waals surface area (Å²) in [5, 5.41) is 1.83. The van der Waals surface area contributed by atoms with Crippen LogP contribution in [0.3, 0.4) is 0 Å². The number of nitrogens with one attached hydrogen (secondary N) is 1. The van der Waals surface area contributed by atoms with Crippen LogP contribution in [0, 0.1) is 11.6 Å². The Kier molecular flexibility index (Phi) is 2.85. The third kappa shape index (κ3) is 2.09. The summed E-state index contributed by atoms with van der Waals surface area (Å²) in [7, 11) is 1.27. The van der Waals surface area contributed by atoms with Crippen molar-refractivity contribution in [1.29, 1.82) is 0 Å². The van der Waals surface area contributed by atoms with Gasteiger partial charge in [0.15, 0.2) is 11.6 Å².